The molecule has 1 heterocycles. The number of hydrogen-bond acceptors (Lipinski definition) is 3. The summed E-state index contributed by atoms with van der Waals surface area (Å²) >= 11 is 12.0. The minimum Gasteiger partial charge on any atom is -0.309 e. The molecule has 3 nitrogen and oxygen atoms in total. The second kappa shape index (κ2) is 5.14. The topological polar surface area (TPSA) is 46.2 Å². The smallest absolute Gasteiger partial charge is 0.152 e. The van der Waals surface area contributed by atoms with Crippen LogP contribution in [0.4, 0.5) is 0 Å². The van der Waals surface area contributed by atoms with Gasteiger partial charge in [0, 0.05) is 16.1 Å². The molecule has 1 unspecified atom stereocenters. The van der Waals surface area contributed by atoms with E-state index in [2.05, 4.69) is 5.32 Å². The Kier molecular flexibility index (Phi) is 3.98. The van der Waals surface area contributed by atoms with Crippen molar-refractivity contribution in [2.75, 3.05) is 18.1 Å². The van der Waals surface area contributed by atoms with Crippen LogP contribution < -0.4 is 5.32 Å². The van der Waals surface area contributed by atoms with Gasteiger partial charge in [0.15, 0.2) is 9.84 Å². The van der Waals surface area contributed by atoms with Gasteiger partial charge < -0.3 is 5.32 Å². The van der Waals surface area contributed by atoms with Crippen LogP contribution in [0, 0.1) is 0 Å². The summed E-state index contributed by atoms with van der Waals surface area (Å²) < 4.78 is 23.5. The van der Waals surface area contributed by atoms with E-state index < -0.39 is 9.84 Å². The van der Waals surface area contributed by atoms with Gasteiger partial charge in [-0.2, -0.15) is 0 Å². The van der Waals surface area contributed by atoms with Crippen molar-refractivity contribution in [3.05, 3.63) is 33.8 Å². The molecule has 1 N–H and O–H groups in total. The van der Waals surface area contributed by atoms with E-state index in [1.165, 1.54) is 0 Å². The lowest BCUT2D eigenvalue weighted by molar-refractivity contribution is 0.572. The molecule has 6 heteroatoms. The Labute approximate surface area is 111 Å². The molecule has 1 aromatic carbocycles. The van der Waals surface area contributed by atoms with Crippen molar-refractivity contribution in [2.24, 2.45) is 0 Å². The number of rotatable bonds is 1. The highest BCUT2D eigenvalue weighted by molar-refractivity contribution is 7.91. The molecule has 17 heavy (non-hydrogen) atoms. The normalized spacial score (nSPS) is 24.2. The maximum absolute atomic E-state index is 11.7. The molecule has 2 rings (SSSR count). The van der Waals surface area contributed by atoms with Crippen LogP contribution in [0.2, 0.25) is 10.0 Å². The van der Waals surface area contributed by atoms with Crippen molar-refractivity contribution >= 4 is 33.0 Å². The van der Waals surface area contributed by atoms with E-state index in [-0.39, 0.29) is 17.5 Å². The van der Waals surface area contributed by atoms with Gasteiger partial charge in [0.2, 0.25) is 0 Å². The van der Waals surface area contributed by atoms with Crippen molar-refractivity contribution < 1.29 is 8.42 Å². The molecule has 1 saturated heterocycles. The van der Waals surface area contributed by atoms with Gasteiger partial charge in [-0.25, -0.2) is 8.42 Å². The average molecular weight is 294 g/mol. The summed E-state index contributed by atoms with van der Waals surface area (Å²) in [5.74, 6) is 0.307. The van der Waals surface area contributed by atoms with Crippen LogP contribution >= 0.6 is 23.2 Å². The van der Waals surface area contributed by atoms with Crippen LogP contribution in [0.1, 0.15) is 18.0 Å². The van der Waals surface area contributed by atoms with Gasteiger partial charge in [0.05, 0.1) is 11.5 Å². The second-order valence-electron chi connectivity index (χ2n) is 4.14. The van der Waals surface area contributed by atoms with Crippen molar-refractivity contribution in [2.45, 2.75) is 12.5 Å². The van der Waals surface area contributed by atoms with Gasteiger partial charge in [-0.05, 0) is 36.7 Å². The quantitative estimate of drug-likeness (QED) is 0.865. The molecule has 1 aliphatic rings. The first-order chi connectivity index (χ1) is 7.98. The number of halogens is 2. The summed E-state index contributed by atoms with van der Waals surface area (Å²) in [6.07, 6.45) is 0.636. The summed E-state index contributed by atoms with van der Waals surface area (Å²) in [6.45, 7) is 0.673. The van der Waals surface area contributed by atoms with Crippen LogP contribution in [0.5, 0.6) is 0 Å². The van der Waals surface area contributed by atoms with Gasteiger partial charge in [0.1, 0.15) is 0 Å². The van der Waals surface area contributed by atoms with E-state index >= 15 is 0 Å². The summed E-state index contributed by atoms with van der Waals surface area (Å²) in [7, 11) is -3.01. The van der Waals surface area contributed by atoms with Crippen LogP contribution in [0.3, 0.4) is 0 Å². The Morgan fingerprint density at radius 2 is 2.06 bits per heavy atom. The Morgan fingerprint density at radius 1 is 1.29 bits per heavy atom. The first kappa shape index (κ1) is 13.1. The second-order valence-corrected chi connectivity index (χ2v) is 7.21. The minimum atomic E-state index is -3.01. The van der Waals surface area contributed by atoms with Crippen molar-refractivity contribution in [3.8, 4) is 0 Å². The first-order valence-corrected chi connectivity index (χ1v) is 7.94. The highest BCUT2D eigenvalue weighted by Crippen LogP contribution is 2.28. The molecule has 1 aromatic rings. The standard InChI is InChI=1S/C11H13Cl2NO2S/c12-8-2-3-10(13)9(6-8)11-7-17(15,16)5-1-4-14-11/h2-3,6,11,14H,1,4-5,7H2. The zero-order chi connectivity index (χ0) is 12.5. The predicted molar refractivity (Wildman–Crippen MR) is 70.5 cm³/mol. The molecule has 1 aliphatic heterocycles. The Morgan fingerprint density at radius 3 is 2.82 bits per heavy atom. The van der Waals surface area contributed by atoms with Gasteiger partial charge in [-0.15, -0.1) is 0 Å². The molecular formula is C11H13Cl2NO2S. The number of nitrogens with one attached hydrogen (secondary N) is 1. The van der Waals surface area contributed by atoms with E-state index in [9.17, 15) is 8.42 Å². The van der Waals surface area contributed by atoms with Gasteiger partial charge >= 0.3 is 0 Å². The largest absolute Gasteiger partial charge is 0.309 e. The molecule has 0 bridgehead atoms. The van der Waals surface area contributed by atoms with E-state index in [1.54, 1.807) is 18.2 Å². The molecule has 94 valence electrons. The molecular weight excluding hydrogens is 281 g/mol. The third kappa shape index (κ3) is 3.35. The predicted octanol–water partition coefficient (Wildman–Crippen LogP) is 2.44. The highest BCUT2D eigenvalue weighted by atomic mass is 35.5. The van der Waals surface area contributed by atoms with Crippen LogP contribution in [-0.4, -0.2) is 26.5 Å². The Balaban J connectivity index is 2.35. The third-order valence-corrected chi connectivity index (χ3v) is 5.11. The van der Waals surface area contributed by atoms with Crippen LogP contribution in [0.15, 0.2) is 18.2 Å². The van der Waals surface area contributed by atoms with E-state index in [1.807, 2.05) is 0 Å². The third-order valence-electron chi connectivity index (χ3n) is 2.78. The van der Waals surface area contributed by atoms with E-state index in [4.69, 9.17) is 23.2 Å². The summed E-state index contributed by atoms with van der Waals surface area (Å²) in [6, 6.07) is 4.84. The fourth-order valence-corrected chi connectivity index (χ4v) is 3.93. The maximum Gasteiger partial charge on any atom is 0.152 e. The van der Waals surface area contributed by atoms with Crippen molar-refractivity contribution in [3.63, 3.8) is 0 Å². The molecule has 0 saturated carbocycles. The number of sulfone groups is 1. The van der Waals surface area contributed by atoms with Crippen molar-refractivity contribution in [1.29, 1.82) is 0 Å². The SMILES string of the molecule is O=S1(=O)CCCNC(c2cc(Cl)ccc2Cl)C1. The Hall–Kier alpha value is -0.290. The van der Waals surface area contributed by atoms with E-state index in [0.717, 1.165) is 5.56 Å². The molecule has 0 aliphatic carbocycles. The number of benzene rings is 1. The van der Waals surface area contributed by atoms with Crippen LogP contribution in [-0.2, 0) is 9.84 Å². The summed E-state index contributed by atoms with van der Waals surface area (Å²) in [5, 5.41) is 4.31. The monoisotopic (exact) mass is 293 g/mol. The van der Waals surface area contributed by atoms with Gasteiger partial charge in [-0.1, -0.05) is 23.2 Å². The highest BCUT2D eigenvalue weighted by Gasteiger charge is 2.25. The lowest BCUT2D eigenvalue weighted by Gasteiger charge is -2.17. The molecule has 0 aromatic heterocycles. The molecule has 0 amide bonds. The molecule has 0 spiro atoms. The molecule has 1 fully saturated rings. The maximum atomic E-state index is 11.7. The summed E-state index contributed by atoms with van der Waals surface area (Å²) in [5.41, 5.74) is 0.754. The molecule has 0 radical (unpaired) electrons. The zero-order valence-corrected chi connectivity index (χ0v) is 11.4. The van der Waals surface area contributed by atoms with Gasteiger partial charge in [-0.3, -0.25) is 0 Å². The average Bonchev–Trinajstić information content (AvgIpc) is 2.43. The lowest BCUT2D eigenvalue weighted by Crippen LogP contribution is -2.25. The number of hydrogen-bond donors (Lipinski definition) is 1. The van der Waals surface area contributed by atoms with Crippen LogP contribution in [0.25, 0.3) is 0 Å². The van der Waals surface area contributed by atoms with E-state index in [0.29, 0.717) is 23.0 Å². The van der Waals surface area contributed by atoms with Crippen molar-refractivity contribution in [1.82, 2.24) is 5.32 Å². The zero-order valence-electron chi connectivity index (χ0n) is 9.12. The Bertz CT molecular complexity index is 516. The first-order valence-electron chi connectivity index (χ1n) is 5.37. The summed E-state index contributed by atoms with van der Waals surface area (Å²) in [4.78, 5) is 0. The lowest BCUT2D eigenvalue weighted by atomic mass is 10.1. The van der Waals surface area contributed by atoms with Gasteiger partial charge in [0.25, 0.3) is 0 Å². The minimum absolute atomic E-state index is 0.0765. The fraction of sp³-hybridized carbons (Fsp3) is 0.455. The molecule has 1 atom stereocenters. The fourth-order valence-electron chi connectivity index (χ4n) is 1.95.